The van der Waals surface area contributed by atoms with Crippen LogP contribution in [0.3, 0.4) is 0 Å². The average molecular weight is 480 g/mol. The molecule has 6 heteroatoms. The second-order valence-corrected chi connectivity index (χ2v) is 9.36. The summed E-state index contributed by atoms with van der Waals surface area (Å²) in [5.74, 6) is 0.791. The normalized spacial score (nSPS) is 13.7. The predicted molar refractivity (Wildman–Crippen MR) is 132 cm³/mol. The summed E-state index contributed by atoms with van der Waals surface area (Å²) in [6, 6.07) is 17.6. The van der Waals surface area contributed by atoms with E-state index in [-0.39, 0.29) is 5.63 Å². The summed E-state index contributed by atoms with van der Waals surface area (Å²) in [6.07, 6.45) is 0.540. The topological polar surface area (TPSA) is 42.7 Å². The Hall–Kier alpha value is -2.79. The number of hydrogen-bond donors (Lipinski definition) is 0. The van der Waals surface area contributed by atoms with Crippen LogP contribution in [0, 0.1) is 13.8 Å². The van der Waals surface area contributed by atoms with Crippen LogP contribution in [0.5, 0.6) is 5.75 Å². The molecular formula is C27H23Cl2NO3. The van der Waals surface area contributed by atoms with E-state index in [1.165, 1.54) is 0 Å². The molecule has 0 spiro atoms. The van der Waals surface area contributed by atoms with Crippen LogP contribution in [0.1, 0.15) is 33.4 Å². The van der Waals surface area contributed by atoms with Crippen LogP contribution in [0.25, 0.3) is 11.0 Å². The lowest BCUT2D eigenvalue weighted by Crippen LogP contribution is -2.32. The van der Waals surface area contributed by atoms with Crippen LogP contribution in [0.15, 0.2) is 63.8 Å². The molecule has 4 aromatic rings. The van der Waals surface area contributed by atoms with Gasteiger partial charge in [0, 0.05) is 51.6 Å². The van der Waals surface area contributed by atoms with E-state index in [2.05, 4.69) is 11.0 Å². The van der Waals surface area contributed by atoms with E-state index in [1.54, 1.807) is 6.07 Å². The summed E-state index contributed by atoms with van der Waals surface area (Å²) in [7, 11) is 0. The van der Waals surface area contributed by atoms with Gasteiger partial charge in [-0.25, -0.2) is 4.79 Å². The fraction of sp³-hybridized carbons (Fsp3) is 0.222. The SMILES string of the molecule is Cc1c(Cc2ccccc2)c(=O)oc2c(C)c3c(cc12)CN(Cc1ccc(Cl)cc1Cl)CO3. The van der Waals surface area contributed by atoms with Crippen LogP contribution >= 0.6 is 23.2 Å². The molecule has 0 aliphatic carbocycles. The first-order valence-corrected chi connectivity index (χ1v) is 11.6. The van der Waals surface area contributed by atoms with Crippen molar-refractivity contribution in [3.8, 4) is 5.75 Å². The third kappa shape index (κ3) is 4.26. The molecule has 1 aliphatic heterocycles. The third-order valence-electron chi connectivity index (χ3n) is 6.25. The highest BCUT2D eigenvalue weighted by Crippen LogP contribution is 2.37. The number of ether oxygens (including phenoxy) is 1. The van der Waals surface area contributed by atoms with E-state index in [0.29, 0.717) is 47.4 Å². The third-order valence-corrected chi connectivity index (χ3v) is 6.84. The molecule has 0 bridgehead atoms. The van der Waals surface area contributed by atoms with E-state index in [4.69, 9.17) is 32.4 Å². The smallest absolute Gasteiger partial charge is 0.340 e. The van der Waals surface area contributed by atoms with Crippen molar-refractivity contribution in [1.29, 1.82) is 0 Å². The molecule has 4 nitrogen and oxygen atoms in total. The van der Waals surface area contributed by atoms with Gasteiger partial charge in [0.05, 0.1) is 0 Å². The zero-order valence-electron chi connectivity index (χ0n) is 18.5. The molecule has 0 saturated carbocycles. The molecular weight excluding hydrogens is 457 g/mol. The van der Waals surface area contributed by atoms with E-state index in [1.807, 2.05) is 56.3 Å². The second-order valence-electron chi connectivity index (χ2n) is 8.52. The van der Waals surface area contributed by atoms with Gasteiger partial charge in [0.1, 0.15) is 18.1 Å². The lowest BCUT2D eigenvalue weighted by atomic mass is 9.96. The zero-order chi connectivity index (χ0) is 23.1. The molecule has 0 atom stereocenters. The van der Waals surface area contributed by atoms with Gasteiger partial charge in [-0.3, -0.25) is 4.90 Å². The molecule has 0 radical (unpaired) electrons. The minimum absolute atomic E-state index is 0.290. The van der Waals surface area contributed by atoms with Gasteiger partial charge in [0.2, 0.25) is 0 Å². The molecule has 0 fully saturated rings. The van der Waals surface area contributed by atoms with Gasteiger partial charge in [-0.05, 0) is 48.7 Å². The maximum Gasteiger partial charge on any atom is 0.340 e. The summed E-state index contributed by atoms with van der Waals surface area (Å²) in [6.45, 7) is 5.73. The number of benzene rings is 3. The molecule has 1 aromatic heterocycles. The quantitative estimate of drug-likeness (QED) is 0.307. The highest BCUT2D eigenvalue weighted by molar-refractivity contribution is 6.35. The van der Waals surface area contributed by atoms with Crippen molar-refractivity contribution in [3.05, 3.63) is 108 Å². The van der Waals surface area contributed by atoms with Crippen LogP contribution in [-0.2, 0) is 19.5 Å². The summed E-state index contributed by atoms with van der Waals surface area (Å²) >= 11 is 12.4. The molecule has 0 saturated heterocycles. The maximum absolute atomic E-state index is 12.9. The van der Waals surface area contributed by atoms with E-state index in [9.17, 15) is 4.79 Å². The van der Waals surface area contributed by atoms with Crippen molar-refractivity contribution < 1.29 is 9.15 Å². The Balaban J connectivity index is 1.51. The lowest BCUT2D eigenvalue weighted by molar-refractivity contribution is 0.0881. The monoisotopic (exact) mass is 479 g/mol. The predicted octanol–water partition coefficient (Wildman–Crippen LogP) is 6.66. The van der Waals surface area contributed by atoms with Crippen LogP contribution in [-0.4, -0.2) is 11.6 Å². The van der Waals surface area contributed by atoms with E-state index in [0.717, 1.165) is 39.0 Å². The van der Waals surface area contributed by atoms with Crippen molar-refractivity contribution in [2.75, 3.05) is 6.73 Å². The molecule has 33 heavy (non-hydrogen) atoms. The Morgan fingerprint density at radius 3 is 2.55 bits per heavy atom. The number of aryl methyl sites for hydroxylation is 2. The molecule has 0 unspecified atom stereocenters. The van der Waals surface area contributed by atoms with Crippen molar-refractivity contribution in [3.63, 3.8) is 0 Å². The minimum atomic E-state index is -0.290. The maximum atomic E-state index is 12.9. The number of halogens is 2. The van der Waals surface area contributed by atoms with Gasteiger partial charge >= 0.3 is 5.63 Å². The average Bonchev–Trinajstić information content (AvgIpc) is 2.80. The van der Waals surface area contributed by atoms with Gasteiger partial charge in [-0.15, -0.1) is 0 Å². The lowest BCUT2D eigenvalue weighted by Gasteiger charge is -2.30. The molecule has 0 N–H and O–H groups in total. The largest absolute Gasteiger partial charge is 0.477 e. The second kappa shape index (κ2) is 8.86. The van der Waals surface area contributed by atoms with Crippen molar-refractivity contribution >= 4 is 34.2 Å². The van der Waals surface area contributed by atoms with Gasteiger partial charge in [0.25, 0.3) is 0 Å². The highest BCUT2D eigenvalue weighted by atomic mass is 35.5. The first kappa shape index (κ1) is 22.0. The first-order chi connectivity index (χ1) is 15.9. The Labute approximate surface area is 202 Å². The Kier molecular flexibility index (Phi) is 5.92. The van der Waals surface area contributed by atoms with Crippen molar-refractivity contribution in [2.24, 2.45) is 0 Å². The molecule has 0 amide bonds. The highest BCUT2D eigenvalue weighted by Gasteiger charge is 2.24. The summed E-state index contributed by atoms with van der Waals surface area (Å²) in [5.41, 5.74) is 5.96. The number of hydrogen-bond acceptors (Lipinski definition) is 4. The molecule has 1 aliphatic rings. The molecule has 2 heterocycles. The molecule has 5 rings (SSSR count). The van der Waals surface area contributed by atoms with Crippen LogP contribution in [0.2, 0.25) is 10.0 Å². The Bertz CT molecular complexity index is 1410. The Morgan fingerprint density at radius 1 is 1.00 bits per heavy atom. The standard InChI is InChI=1S/C27H23Cl2NO3/c1-16-22-11-20-14-30(13-19-8-9-21(28)12-24(19)29)15-32-25(20)17(2)26(22)33-27(31)23(16)10-18-6-4-3-5-7-18/h3-9,11-12H,10,13-15H2,1-2H3. The fourth-order valence-electron chi connectivity index (χ4n) is 4.49. The summed E-state index contributed by atoms with van der Waals surface area (Å²) in [5, 5.41) is 2.22. The van der Waals surface area contributed by atoms with Crippen LogP contribution < -0.4 is 10.4 Å². The number of rotatable bonds is 4. The van der Waals surface area contributed by atoms with E-state index >= 15 is 0 Å². The minimum Gasteiger partial charge on any atom is -0.477 e. The summed E-state index contributed by atoms with van der Waals surface area (Å²) < 4.78 is 11.9. The van der Waals surface area contributed by atoms with Crippen molar-refractivity contribution in [2.45, 2.75) is 33.4 Å². The fourth-order valence-corrected chi connectivity index (χ4v) is 4.96. The van der Waals surface area contributed by atoms with Gasteiger partial charge in [-0.2, -0.15) is 0 Å². The number of nitrogens with zero attached hydrogens (tertiary/aromatic N) is 1. The van der Waals surface area contributed by atoms with Gasteiger partial charge in [0.15, 0.2) is 0 Å². The molecule has 3 aromatic carbocycles. The van der Waals surface area contributed by atoms with Crippen molar-refractivity contribution in [1.82, 2.24) is 4.90 Å². The number of fused-ring (bicyclic) bond motifs is 2. The van der Waals surface area contributed by atoms with E-state index < -0.39 is 0 Å². The zero-order valence-corrected chi connectivity index (χ0v) is 20.0. The van der Waals surface area contributed by atoms with Gasteiger partial charge < -0.3 is 9.15 Å². The summed E-state index contributed by atoms with van der Waals surface area (Å²) in [4.78, 5) is 15.0. The molecule has 168 valence electrons. The van der Waals surface area contributed by atoms with Crippen LogP contribution in [0.4, 0.5) is 0 Å². The van der Waals surface area contributed by atoms with Gasteiger partial charge in [-0.1, -0.05) is 59.6 Å². The Morgan fingerprint density at radius 2 is 1.79 bits per heavy atom. The first-order valence-electron chi connectivity index (χ1n) is 10.8.